The number of rotatable bonds is 1. The maximum Gasteiger partial charge on any atom is 0.143 e. The van der Waals surface area contributed by atoms with E-state index in [1.165, 1.54) is 0 Å². The van der Waals surface area contributed by atoms with E-state index in [1.807, 2.05) is 18.2 Å². The molecule has 0 spiro atoms. The summed E-state index contributed by atoms with van der Waals surface area (Å²) in [6, 6.07) is 6.51. The molecule has 0 aromatic heterocycles. The van der Waals surface area contributed by atoms with Crippen LogP contribution in [0.5, 0.6) is 5.75 Å². The van der Waals surface area contributed by atoms with E-state index >= 15 is 0 Å². The van der Waals surface area contributed by atoms with Gasteiger partial charge < -0.3 is 10.1 Å². The number of ether oxygens (including phenoxy) is 1. The molecule has 1 aromatic rings. The van der Waals surface area contributed by atoms with Crippen LogP contribution in [-0.2, 0) is 0 Å². The molecule has 2 nitrogen and oxygen atoms in total. The average molecular weight is 242 g/mol. The van der Waals surface area contributed by atoms with E-state index in [0.29, 0.717) is 6.04 Å². The van der Waals surface area contributed by atoms with Gasteiger partial charge in [0.1, 0.15) is 12.4 Å². The summed E-state index contributed by atoms with van der Waals surface area (Å²) in [5, 5.41) is 3.43. The first-order valence-corrected chi connectivity index (χ1v) is 5.28. The van der Waals surface area contributed by atoms with Crippen LogP contribution in [0.3, 0.4) is 0 Å². The van der Waals surface area contributed by atoms with Crippen LogP contribution in [0.1, 0.15) is 13.3 Å². The highest BCUT2D eigenvalue weighted by molar-refractivity contribution is 9.10. The maximum absolute atomic E-state index is 5.62. The zero-order chi connectivity index (χ0) is 9.26. The normalized spacial score (nSPS) is 20.0. The molecule has 0 amide bonds. The van der Waals surface area contributed by atoms with E-state index in [0.717, 1.165) is 28.9 Å². The van der Waals surface area contributed by atoms with Crippen LogP contribution in [0.2, 0.25) is 0 Å². The predicted octanol–water partition coefficient (Wildman–Crippen LogP) is 3.03. The summed E-state index contributed by atoms with van der Waals surface area (Å²) in [6.45, 7) is 2.92. The van der Waals surface area contributed by atoms with E-state index in [2.05, 4.69) is 28.2 Å². The van der Waals surface area contributed by atoms with Crippen LogP contribution in [0, 0.1) is 0 Å². The SMILES string of the molecule is CCC1COc2cc(Br)ccc2N1. The summed E-state index contributed by atoms with van der Waals surface area (Å²) >= 11 is 3.41. The Morgan fingerprint density at radius 1 is 1.62 bits per heavy atom. The van der Waals surface area contributed by atoms with Crippen molar-refractivity contribution < 1.29 is 4.74 Å². The van der Waals surface area contributed by atoms with Gasteiger partial charge in [0, 0.05) is 4.47 Å². The minimum atomic E-state index is 0.452. The molecule has 13 heavy (non-hydrogen) atoms. The van der Waals surface area contributed by atoms with Gasteiger partial charge in [-0.15, -0.1) is 0 Å². The summed E-state index contributed by atoms with van der Waals surface area (Å²) in [5.74, 6) is 0.944. The van der Waals surface area contributed by atoms with Crippen molar-refractivity contribution in [1.29, 1.82) is 0 Å². The van der Waals surface area contributed by atoms with E-state index in [-0.39, 0.29) is 0 Å². The number of benzene rings is 1. The molecule has 1 aliphatic heterocycles. The van der Waals surface area contributed by atoms with Gasteiger partial charge in [0.25, 0.3) is 0 Å². The molecule has 70 valence electrons. The molecule has 0 bridgehead atoms. The number of hydrogen-bond acceptors (Lipinski definition) is 2. The zero-order valence-electron chi connectivity index (χ0n) is 7.51. The Hall–Kier alpha value is -0.700. The summed E-state index contributed by atoms with van der Waals surface area (Å²) in [7, 11) is 0. The van der Waals surface area contributed by atoms with Gasteiger partial charge in [-0.1, -0.05) is 22.9 Å². The molecule has 1 N–H and O–H groups in total. The first kappa shape index (κ1) is 8.88. The van der Waals surface area contributed by atoms with Gasteiger partial charge in [-0.3, -0.25) is 0 Å². The number of halogens is 1. The fraction of sp³-hybridized carbons (Fsp3) is 0.400. The Kier molecular flexibility index (Phi) is 2.44. The van der Waals surface area contributed by atoms with Crippen LogP contribution >= 0.6 is 15.9 Å². The van der Waals surface area contributed by atoms with Crippen LogP contribution in [0.4, 0.5) is 5.69 Å². The van der Waals surface area contributed by atoms with Crippen LogP contribution in [0.15, 0.2) is 22.7 Å². The second-order valence-electron chi connectivity index (χ2n) is 3.20. The minimum Gasteiger partial charge on any atom is -0.489 e. The molecular formula is C10H12BrNO. The van der Waals surface area contributed by atoms with Gasteiger partial charge in [0.15, 0.2) is 0 Å². The fourth-order valence-electron chi connectivity index (χ4n) is 1.41. The van der Waals surface area contributed by atoms with Crippen molar-refractivity contribution in [3.05, 3.63) is 22.7 Å². The topological polar surface area (TPSA) is 21.3 Å². The lowest BCUT2D eigenvalue weighted by Crippen LogP contribution is -2.30. The van der Waals surface area contributed by atoms with E-state index in [9.17, 15) is 0 Å². The van der Waals surface area contributed by atoms with Gasteiger partial charge in [-0.05, 0) is 24.6 Å². The van der Waals surface area contributed by atoms with Crippen LogP contribution < -0.4 is 10.1 Å². The third kappa shape index (κ3) is 1.80. The molecule has 0 aliphatic carbocycles. The summed E-state index contributed by atoms with van der Waals surface area (Å²) < 4.78 is 6.67. The average Bonchev–Trinajstić information content (AvgIpc) is 2.17. The molecular weight excluding hydrogens is 230 g/mol. The molecule has 0 radical (unpaired) electrons. The third-order valence-corrected chi connectivity index (χ3v) is 2.73. The minimum absolute atomic E-state index is 0.452. The first-order valence-electron chi connectivity index (χ1n) is 4.48. The Balaban J connectivity index is 2.26. The molecule has 0 saturated carbocycles. The Morgan fingerprint density at radius 3 is 3.23 bits per heavy atom. The quantitative estimate of drug-likeness (QED) is 0.817. The summed E-state index contributed by atoms with van der Waals surface area (Å²) in [6.07, 6.45) is 1.09. The third-order valence-electron chi connectivity index (χ3n) is 2.24. The number of hydrogen-bond donors (Lipinski definition) is 1. The Morgan fingerprint density at radius 2 is 2.46 bits per heavy atom. The highest BCUT2D eigenvalue weighted by Crippen LogP contribution is 2.31. The van der Waals surface area contributed by atoms with E-state index in [1.54, 1.807) is 0 Å². The molecule has 0 fully saturated rings. The molecule has 3 heteroatoms. The lowest BCUT2D eigenvalue weighted by atomic mass is 10.2. The van der Waals surface area contributed by atoms with Crippen molar-refractivity contribution >= 4 is 21.6 Å². The van der Waals surface area contributed by atoms with Crippen LogP contribution in [0.25, 0.3) is 0 Å². The van der Waals surface area contributed by atoms with Crippen molar-refractivity contribution in [2.75, 3.05) is 11.9 Å². The molecule has 2 rings (SSSR count). The molecule has 1 aliphatic rings. The van der Waals surface area contributed by atoms with Crippen LogP contribution in [-0.4, -0.2) is 12.6 Å². The monoisotopic (exact) mass is 241 g/mol. The molecule has 1 atom stereocenters. The standard InChI is InChI=1S/C10H12BrNO/c1-2-8-6-13-10-5-7(11)3-4-9(10)12-8/h3-5,8,12H,2,6H2,1H3. The van der Waals surface area contributed by atoms with Gasteiger partial charge >= 0.3 is 0 Å². The van der Waals surface area contributed by atoms with Crippen molar-refractivity contribution in [2.24, 2.45) is 0 Å². The molecule has 1 unspecified atom stereocenters. The molecule has 0 saturated heterocycles. The zero-order valence-corrected chi connectivity index (χ0v) is 9.10. The van der Waals surface area contributed by atoms with Gasteiger partial charge in [0.2, 0.25) is 0 Å². The van der Waals surface area contributed by atoms with Gasteiger partial charge in [-0.25, -0.2) is 0 Å². The van der Waals surface area contributed by atoms with Crippen molar-refractivity contribution in [1.82, 2.24) is 0 Å². The fourth-order valence-corrected chi connectivity index (χ4v) is 1.75. The second-order valence-corrected chi connectivity index (χ2v) is 4.12. The van der Waals surface area contributed by atoms with Crippen molar-refractivity contribution in [3.63, 3.8) is 0 Å². The highest BCUT2D eigenvalue weighted by Gasteiger charge is 2.16. The predicted molar refractivity (Wildman–Crippen MR) is 57.3 cm³/mol. The van der Waals surface area contributed by atoms with Gasteiger partial charge in [0.05, 0.1) is 11.7 Å². The number of fused-ring (bicyclic) bond motifs is 1. The van der Waals surface area contributed by atoms with Crippen molar-refractivity contribution in [3.8, 4) is 5.75 Å². The lowest BCUT2D eigenvalue weighted by molar-refractivity contribution is 0.281. The molecule has 1 heterocycles. The molecule has 1 aromatic carbocycles. The lowest BCUT2D eigenvalue weighted by Gasteiger charge is -2.26. The smallest absolute Gasteiger partial charge is 0.143 e. The highest BCUT2D eigenvalue weighted by atomic mass is 79.9. The Labute approximate surface area is 86.4 Å². The summed E-state index contributed by atoms with van der Waals surface area (Å²) in [4.78, 5) is 0. The Bertz CT molecular complexity index is 314. The second kappa shape index (κ2) is 3.58. The number of nitrogens with one attached hydrogen (secondary N) is 1. The van der Waals surface area contributed by atoms with E-state index < -0.39 is 0 Å². The van der Waals surface area contributed by atoms with E-state index in [4.69, 9.17) is 4.74 Å². The number of anilines is 1. The van der Waals surface area contributed by atoms with Crippen molar-refractivity contribution in [2.45, 2.75) is 19.4 Å². The maximum atomic E-state index is 5.62. The summed E-state index contributed by atoms with van der Waals surface area (Å²) in [5.41, 5.74) is 1.10. The van der Waals surface area contributed by atoms with Gasteiger partial charge in [-0.2, -0.15) is 0 Å². The first-order chi connectivity index (χ1) is 6.29. The largest absolute Gasteiger partial charge is 0.489 e.